The van der Waals surface area contributed by atoms with Crippen molar-refractivity contribution in [2.24, 2.45) is 7.05 Å². The topological polar surface area (TPSA) is 83.1 Å². The minimum atomic E-state index is -3.77. The van der Waals surface area contributed by atoms with Gasteiger partial charge in [-0.3, -0.25) is 0 Å². The third-order valence-corrected chi connectivity index (χ3v) is 7.26. The van der Waals surface area contributed by atoms with Crippen LogP contribution in [-0.2, 0) is 23.3 Å². The summed E-state index contributed by atoms with van der Waals surface area (Å²) in [5.74, 6) is -3.36. The fraction of sp³-hybridized carbons (Fsp3) is 0.400. The molecular formula is C15H14F2N2O3S2. The summed E-state index contributed by atoms with van der Waals surface area (Å²) in [4.78, 5) is 0.511. The van der Waals surface area contributed by atoms with Gasteiger partial charge in [-0.2, -0.15) is 5.26 Å². The molecule has 0 amide bonds. The van der Waals surface area contributed by atoms with Crippen LogP contribution in [0.3, 0.4) is 0 Å². The Hall–Kier alpha value is -1.76. The summed E-state index contributed by atoms with van der Waals surface area (Å²) in [6.07, 6.45) is -0.136. The number of aryl methyl sites for hydroxylation is 1. The number of sulfone groups is 1. The van der Waals surface area contributed by atoms with Crippen molar-refractivity contribution in [3.8, 4) is 16.5 Å². The largest absolute Gasteiger partial charge is 0.382 e. The van der Waals surface area contributed by atoms with E-state index in [9.17, 15) is 22.3 Å². The van der Waals surface area contributed by atoms with Gasteiger partial charge in [0.15, 0.2) is 9.84 Å². The average Bonchev–Trinajstić information content (AvgIpc) is 3.03. The Balaban J connectivity index is 2.29. The van der Waals surface area contributed by atoms with Crippen LogP contribution in [0.1, 0.15) is 29.3 Å². The highest BCUT2D eigenvalue weighted by Crippen LogP contribution is 2.51. The molecule has 1 aliphatic rings. The van der Waals surface area contributed by atoms with Crippen LogP contribution in [0.15, 0.2) is 16.5 Å². The number of thiophene rings is 1. The number of nitriles is 1. The van der Waals surface area contributed by atoms with E-state index in [4.69, 9.17) is 5.26 Å². The van der Waals surface area contributed by atoms with E-state index in [1.165, 1.54) is 0 Å². The van der Waals surface area contributed by atoms with E-state index in [1.807, 2.05) is 6.07 Å². The molecule has 0 fully saturated rings. The molecule has 2 aromatic heterocycles. The first-order valence-electron chi connectivity index (χ1n) is 7.04. The van der Waals surface area contributed by atoms with Gasteiger partial charge in [0.2, 0.25) is 0 Å². The van der Waals surface area contributed by atoms with Crippen LogP contribution in [0.25, 0.3) is 10.4 Å². The maximum atomic E-state index is 13.9. The van der Waals surface area contributed by atoms with E-state index in [0.717, 1.165) is 17.6 Å². The molecule has 1 atom stereocenters. The molecule has 2 aromatic rings. The third-order valence-electron chi connectivity index (χ3n) is 4.11. The second kappa shape index (κ2) is 5.37. The fourth-order valence-electron chi connectivity index (χ4n) is 2.93. The summed E-state index contributed by atoms with van der Waals surface area (Å²) in [5.41, 5.74) is 1.18. The van der Waals surface area contributed by atoms with Crippen molar-refractivity contribution in [2.75, 3.05) is 6.26 Å². The summed E-state index contributed by atoms with van der Waals surface area (Å²) in [5, 5.41) is 19.1. The van der Waals surface area contributed by atoms with Crippen molar-refractivity contribution in [1.29, 1.82) is 5.26 Å². The van der Waals surface area contributed by atoms with Crippen molar-refractivity contribution in [3.63, 3.8) is 0 Å². The Morgan fingerprint density at radius 2 is 2.17 bits per heavy atom. The van der Waals surface area contributed by atoms with E-state index in [2.05, 4.69) is 0 Å². The van der Waals surface area contributed by atoms with Crippen LogP contribution in [0.5, 0.6) is 0 Å². The molecule has 0 spiro atoms. The second-order valence-corrected chi connectivity index (χ2v) is 9.11. The third kappa shape index (κ3) is 2.55. The highest BCUT2D eigenvalue weighted by molar-refractivity contribution is 7.92. The number of hydrogen-bond acceptors (Lipinski definition) is 5. The Morgan fingerprint density at radius 1 is 1.50 bits per heavy atom. The highest BCUT2D eigenvalue weighted by Gasteiger charge is 2.47. The van der Waals surface area contributed by atoms with Gasteiger partial charge in [-0.05, 0) is 18.1 Å². The first kappa shape index (κ1) is 17.1. The smallest absolute Gasteiger partial charge is 0.277 e. The van der Waals surface area contributed by atoms with E-state index < -0.39 is 28.3 Å². The summed E-state index contributed by atoms with van der Waals surface area (Å²) in [7, 11) is -2.10. The molecule has 0 aromatic carbocycles. The van der Waals surface area contributed by atoms with Crippen LogP contribution in [0.2, 0.25) is 0 Å². The van der Waals surface area contributed by atoms with Crippen LogP contribution in [0.4, 0.5) is 8.78 Å². The molecule has 1 aliphatic carbocycles. The zero-order valence-corrected chi connectivity index (χ0v) is 14.5. The molecule has 0 unspecified atom stereocenters. The van der Waals surface area contributed by atoms with Crippen LogP contribution in [-0.4, -0.2) is 30.3 Å². The molecule has 2 heterocycles. The minimum Gasteiger partial charge on any atom is -0.382 e. The molecule has 9 heteroatoms. The van der Waals surface area contributed by atoms with Crippen LogP contribution < -0.4 is 0 Å². The lowest BCUT2D eigenvalue weighted by Crippen LogP contribution is -2.32. The van der Waals surface area contributed by atoms with Crippen LogP contribution in [0, 0.1) is 11.3 Å². The molecule has 0 bridgehead atoms. The minimum absolute atomic E-state index is 0.0302. The van der Waals surface area contributed by atoms with E-state index in [0.29, 0.717) is 21.7 Å². The highest BCUT2D eigenvalue weighted by atomic mass is 32.2. The quantitative estimate of drug-likeness (QED) is 0.878. The number of aliphatic hydroxyl groups is 1. The van der Waals surface area contributed by atoms with Gasteiger partial charge in [-0.25, -0.2) is 17.2 Å². The summed E-state index contributed by atoms with van der Waals surface area (Å²) in [6.45, 7) is 0. The first-order valence-corrected chi connectivity index (χ1v) is 9.75. The van der Waals surface area contributed by atoms with E-state index in [1.54, 1.807) is 23.9 Å². The predicted molar refractivity (Wildman–Crippen MR) is 84.8 cm³/mol. The lowest BCUT2D eigenvalue weighted by Gasteiger charge is -2.28. The molecule has 0 saturated carbocycles. The monoisotopic (exact) mass is 372 g/mol. The summed E-state index contributed by atoms with van der Waals surface area (Å²) < 4.78 is 53.2. The number of halogens is 2. The van der Waals surface area contributed by atoms with Crippen molar-refractivity contribution >= 4 is 21.2 Å². The Morgan fingerprint density at radius 3 is 2.71 bits per heavy atom. The van der Waals surface area contributed by atoms with Crippen molar-refractivity contribution < 1.29 is 22.3 Å². The number of hydrogen-bond donors (Lipinski definition) is 1. The number of aliphatic hydroxyl groups excluding tert-OH is 1. The maximum absolute atomic E-state index is 13.9. The van der Waals surface area contributed by atoms with Crippen molar-refractivity contribution in [2.45, 2.75) is 29.1 Å². The van der Waals surface area contributed by atoms with E-state index >= 15 is 0 Å². The summed E-state index contributed by atoms with van der Waals surface area (Å²) in [6, 6.07) is 3.58. The number of nitrogens with zero attached hydrogens (tertiary/aromatic N) is 2. The normalized spacial score (nSPS) is 19.8. The Labute approximate surface area is 141 Å². The van der Waals surface area contributed by atoms with E-state index in [-0.39, 0.29) is 16.2 Å². The zero-order chi connectivity index (χ0) is 17.9. The molecule has 1 N–H and O–H groups in total. The molecule has 128 valence electrons. The SMILES string of the molecule is Cn1cc(-c2sc(S(C)(=O)=O)c3c2CCC(F)(F)[C@H]3O)cc1C#N. The van der Waals surface area contributed by atoms with Gasteiger partial charge in [0.25, 0.3) is 5.92 Å². The number of rotatable bonds is 2. The van der Waals surface area contributed by atoms with Gasteiger partial charge < -0.3 is 9.67 Å². The average molecular weight is 372 g/mol. The number of aromatic nitrogens is 1. The zero-order valence-electron chi connectivity index (χ0n) is 12.9. The van der Waals surface area contributed by atoms with Gasteiger partial charge in [-0.1, -0.05) is 0 Å². The molecule has 0 radical (unpaired) electrons. The summed E-state index contributed by atoms with van der Waals surface area (Å²) >= 11 is 0.868. The van der Waals surface area contributed by atoms with Gasteiger partial charge >= 0.3 is 0 Å². The lowest BCUT2D eigenvalue weighted by atomic mass is 9.87. The molecule has 0 saturated heterocycles. The number of fused-ring (bicyclic) bond motifs is 1. The van der Waals surface area contributed by atoms with Crippen molar-refractivity contribution in [3.05, 3.63) is 29.1 Å². The molecule has 0 aliphatic heterocycles. The molecular weight excluding hydrogens is 358 g/mol. The molecule has 24 heavy (non-hydrogen) atoms. The Bertz CT molecular complexity index is 968. The fourth-order valence-corrected chi connectivity index (χ4v) is 5.51. The van der Waals surface area contributed by atoms with Gasteiger partial charge in [-0.15, -0.1) is 11.3 Å². The van der Waals surface area contributed by atoms with Crippen molar-refractivity contribution in [1.82, 2.24) is 4.57 Å². The molecule has 3 rings (SSSR count). The lowest BCUT2D eigenvalue weighted by molar-refractivity contribution is -0.122. The van der Waals surface area contributed by atoms with Gasteiger partial charge in [0, 0.05) is 41.9 Å². The Kier molecular flexibility index (Phi) is 3.82. The molecule has 5 nitrogen and oxygen atoms in total. The first-order chi connectivity index (χ1) is 11.1. The number of alkyl halides is 2. The van der Waals surface area contributed by atoms with Crippen LogP contribution >= 0.6 is 11.3 Å². The van der Waals surface area contributed by atoms with Gasteiger partial charge in [0.05, 0.1) is 0 Å². The second-order valence-electron chi connectivity index (χ2n) is 5.88. The standard InChI is InChI=1S/C15H14F2N2O3S2/c1-19-7-8(5-9(19)6-18)12-10-3-4-15(16,17)13(20)11(10)14(23-12)24(2,21)22/h5,7,13,20H,3-4H2,1-2H3/t13-/m0/s1. The predicted octanol–water partition coefficient (Wildman–Crippen LogP) is 2.64. The maximum Gasteiger partial charge on any atom is 0.277 e. The van der Waals surface area contributed by atoms with Gasteiger partial charge in [0.1, 0.15) is 22.1 Å².